The van der Waals surface area contributed by atoms with Crippen LogP contribution in [0.25, 0.3) is 0 Å². The fourth-order valence-corrected chi connectivity index (χ4v) is 1.71. The third-order valence-electron chi connectivity index (χ3n) is 2.71. The molecule has 6 heteroatoms. The van der Waals surface area contributed by atoms with E-state index in [0.29, 0.717) is 11.4 Å². The first kappa shape index (κ1) is 14.0. The molecule has 0 spiro atoms. The van der Waals surface area contributed by atoms with E-state index in [4.69, 9.17) is 4.74 Å². The summed E-state index contributed by atoms with van der Waals surface area (Å²) in [6, 6.07) is 9.39. The summed E-state index contributed by atoms with van der Waals surface area (Å²) in [6.07, 6.45) is 1.02. The van der Waals surface area contributed by atoms with Gasteiger partial charge in [0.05, 0.1) is 17.9 Å². The van der Waals surface area contributed by atoms with E-state index in [0.717, 1.165) is 5.56 Å². The Bertz CT molecular complexity index is 569. The molecule has 20 heavy (non-hydrogen) atoms. The number of hydrogen-bond donors (Lipinski definition) is 1. The lowest BCUT2D eigenvalue weighted by Gasteiger charge is -2.05. The van der Waals surface area contributed by atoms with Crippen LogP contribution in [0.4, 0.5) is 14.9 Å². The fourth-order valence-electron chi connectivity index (χ4n) is 1.71. The minimum absolute atomic E-state index is 0.168. The predicted molar refractivity (Wildman–Crippen MR) is 73.2 cm³/mol. The lowest BCUT2D eigenvalue weighted by atomic mass is 10.2. The zero-order valence-electron chi connectivity index (χ0n) is 11.2. The molecule has 0 aliphatic carbocycles. The normalized spacial score (nSPS) is 10.3. The number of nitrogens with one attached hydrogen (secondary N) is 1. The number of amides is 1. The zero-order chi connectivity index (χ0) is 14.4. The molecule has 5 nitrogen and oxygen atoms in total. The maximum absolute atomic E-state index is 12.2. The largest absolute Gasteiger partial charge is 0.444 e. The van der Waals surface area contributed by atoms with E-state index in [9.17, 15) is 9.18 Å². The molecule has 0 bridgehead atoms. The third-order valence-corrected chi connectivity index (χ3v) is 2.71. The van der Waals surface area contributed by atoms with Gasteiger partial charge in [0.25, 0.3) is 0 Å². The first-order valence-electron chi connectivity index (χ1n) is 6.27. The highest BCUT2D eigenvalue weighted by atomic mass is 19.1. The number of ether oxygens (including phenoxy) is 1. The summed E-state index contributed by atoms with van der Waals surface area (Å²) >= 11 is 0. The van der Waals surface area contributed by atoms with E-state index in [-0.39, 0.29) is 13.2 Å². The van der Waals surface area contributed by atoms with Crippen molar-refractivity contribution in [1.29, 1.82) is 0 Å². The van der Waals surface area contributed by atoms with Gasteiger partial charge in [0.1, 0.15) is 13.3 Å². The standard InChI is InChI=1S/C14H16FN3O2/c1-11-13(9-18(17-11)8-7-15)16-14(19)20-10-12-5-3-2-4-6-12/h2-6,9H,7-8,10H2,1H3,(H,16,19). The van der Waals surface area contributed by atoms with Crippen LogP contribution < -0.4 is 5.32 Å². The Balaban J connectivity index is 1.88. The van der Waals surface area contributed by atoms with Crippen LogP contribution in [0.1, 0.15) is 11.3 Å². The molecule has 1 heterocycles. The van der Waals surface area contributed by atoms with E-state index < -0.39 is 12.8 Å². The van der Waals surface area contributed by atoms with Crippen molar-refractivity contribution in [3.63, 3.8) is 0 Å². The van der Waals surface area contributed by atoms with E-state index >= 15 is 0 Å². The van der Waals surface area contributed by atoms with Crippen molar-refractivity contribution >= 4 is 11.8 Å². The maximum Gasteiger partial charge on any atom is 0.412 e. The van der Waals surface area contributed by atoms with Crippen molar-refractivity contribution < 1.29 is 13.9 Å². The molecule has 0 saturated heterocycles. The number of hydrogen-bond acceptors (Lipinski definition) is 3. The molecule has 0 radical (unpaired) electrons. The lowest BCUT2D eigenvalue weighted by Crippen LogP contribution is -2.13. The van der Waals surface area contributed by atoms with E-state index in [1.807, 2.05) is 30.3 Å². The Kier molecular flexibility index (Phi) is 4.70. The van der Waals surface area contributed by atoms with Gasteiger partial charge in [-0.1, -0.05) is 30.3 Å². The van der Waals surface area contributed by atoms with Gasteiger partial charge in [-0.15, -0.1) is 0 Å². The van der Waals surface area contributed by atoms with Crippen molar-refractivity contribution in [1.82, 2.24) is 9.78 Å². The maximum atomic E-state index is 12.2. The summed E-state index contributed by atoms with van der Waals surface area (Å²) in [4.78, 5) is 11.7. The predicted octanol–water partition coefficient (Wildman–Crippen LogP) is 2.91. The first-order valence-corrected chi connectivity index (χ1v) is 6.27. The fraction of sp³-hybridized carbons (Fsp3) is 0.286. The number of nitrogens with zero attached hydrogens (tertiary/aromatic N) is 2. The zero-order valence-corrected chi connectivity index (χ0v) is 11.2. The van der Waals surface area contributed by atoms with E-state index in [2.05, 4.69) is 10.4 Å². The van der Waals surface area contributed by atoms with Gasteiger partial charge in [-0.3, -0.25) is 10.00 Å². The Morgan fingerprint density at radius 2 is 2.15 bits per heavy atom. The Hall–Kier alpha value is -2.37. The molecule has 1 amide bonds. The molecule has 0 aliphatic heterocycles. The van der Waals surface area contributed by atoms with Gasteiger partial charge in [-0.05, 0) is 12.5 Å². The van der Waals surface area contributed by atoms with Gasteiger partial charge in [0.2, 0.25) is 0 Å². The number of carbonyl (C=O) groups excluding carboxylic acids is 1. The molecule has 1 N–H and O–H groups in total. The average Bonchev–Trinajstić information content (AvgIpc) is 2.78. The number of carbonyl (C=O) groups is 1. The van der Waals surface area contributed by atoms with Crippen LogP contribution in [0.5, 0.6) is 0 Å². The number of anilines is 1. The second kappa shape index (κ2) is 6.70. The summed E-state index contributed by atoms with van der Waals surface area (Å²) in [6.45, 7) is 1.60. The van der Waals surface area contributed by atoms with Crippen LogP contribution in [0.2, 0.25) is 0 Å². The van der Waals surface area contributed by atoms with Gasteiger partial charge >= 0.3 is 6.09 Å². The van der Waals surface area contributed by atoms with Crippen LogP contribution in [-0.2, 0) is 17.9 Å². The molecule has 0 unspecified atom stereocenters. The number of benzene rings is 1. The molecule has 2 aromatic rings. The SMILES string of the molecule is Cc1nn(CCF)cc1NC(=O)OCc1ccccc1. The monoisotopic (exact) mass is 277 g/mol. The van der Waals surface area contributed by atoms with Gasteiger partial charge in [-0.25, -0.2) is 9.18 Å². The minimum Gasteiger partial charge on any atom is -0.444 e. The number of rotatable bonds is 5. The summed E-state index contributed by atoms with van der Waals surface area (Å²) < 4.78 is 18.8. The average molecular weight is 277 g/mol. The Morgan fingerprint density at radius 3 is 2.85 bits per heavy atom. The van der Waals surface area contributed by atoms with Gasteiger partial charge in [0.15, 0.2) is 0 Å². The van der Waals surface area contributed by atoms with Gasteiger partial charge in [-0.2, -0.15) is 5.10 Å². The molecule has 2 rings (SSSR count). The van der Waals surface area contributed by atoms with Crippen LogP contribution in [0, 0.1) is 6.92 Å². The van der Waals surface area contributed by atoms with Gasteiger partial charge in [0, 0.05) is 6.20 Å². The number of halogens is 1. The van der Waals surface area contributed by atoms with E-state index in [1.165, 1.54) is 4.68 Å². The topological polar surface area (TPSA) is 56.2 Å². The second-order valence-electron chi connectivity index (χ2n) is 4.27. The molecule has 0 fully saturated rings. The molecule has 0 saturated carbocycles. The van der Waals surface area contributed by atoms with E-state index in [1.54, 1.807) is 13.1 Å². The van der Waals surface area contributed by atoms with Crippen LogP contribution in [0.3, 0.4) is 0 Å². The van der Waals surface area contributed by atoms with Crippen LogP contribution in [0.15, 0.2) is 36.5 Å². The molecule has 1 aromatic carbocycles. The molecule has 0 aliphatic rings. The number of alkyl halides is 1. The van der Waals surface area contributed by atoms with Crippen LogP contribution in [-0.4, -0.2) is 22.5 Å². The number of aryl methyl sites for hydroxylation is 2. The molecule has 0 atom stereocenters. The summed E-state index contributed by atoms with van der Waals surface area (Å²) in [7, 11) is 0. The highest BCUT2D eigenvalue weighted by molar-refractivity contribution is 5.85. The van der Waals surface area contributed by atoms with Crippen molar-refractivity contribution in [2.24, 2.45) is 0 Å². The highest BCUT2D eigenvalue weighted by Gasteiger charge is 2.09. The molecule has 106 valence electrons. The minimum atomic E-state index is -0.559. The molecule has 1 aromatic heterocycles. The third kappa shape index (κ3) is 3.81. The quantitative estimate of drug-likeness (QED) is 0.914. The summed E-state index contributed by atoms with van der Waals surface area (Å²) in [5, 5.41) is 6.67. The molecular formula is C14H16FN3O2. The van der Waals surface area contributed by atoms with Crippen molar-refractivity contribution in [2.45, 2.75) is 20.1 Å². The smallest absolute Gasteiger partial charge is 0.412 e. The lowest BCUT2D eigenvalue weighted by molar-refractivity contribution is 0.155. The number of aromatic nitrogens is 2. The summed E-state index contributed by atoms with van der Waals surface area (Å²) in [5.74, 6) is 0. The Labute approximate surface area is 116 Å². The van der Waals surface area contributed by atoms with Crippen LogP contribution >= 0.6 is 0 Å². The molecular weight excluding hydrogens is 261 g/mol. The van der Waals surface area contributed by atoms with Crippen molar-refractivity contribution in [3.05, 3.63) is 47.8 Å². The van der Waals surface area contributed by atoms with Gasteiger partial charge < -0.3 is 4.74 Å². The Morgan fingerprint density at radius 1 is 1.40 bits per heavy atom. The second-order valence-corrected chi connectivity index (χ2v) is 4.27. The first-order chi connectivity index (χ1) is 9.69. The highest BCUT2D eigenvalue weighted by Crippen LogP contribution is 2.13. The van der Waals surface area contributed by atoms with Crippen molar-refractivity contribution in [3.8, 4) is 0 Å². The van der Waals surface area contributed by atoms with Crippen molar-refractivity contribution in [2.75, 3.05) is 12.0 Å². The summed E-state index contributed by atoms with van der Waals surface area (Å²) in [5.41, 5.74) is 2.05.